The molecule has 0 radical (unpaired) electrons. The number of hydrogen-bond acceptors (Lipinski definition) is 4. The zero-order chi connectivity index (χ0) is 13.8. The molecule has 0 aliphatic rings. The highest BCUT2D eigenvalue weighted by atomic mass is 32.1. The van der Waals surface area contributed by atoms with E-state index < -0.39 is 5.97 Å². The molecule has 1 atom stereocenters. The molecule has 0 aliphatic heterocycles. The highest BCUT2D eigenvalue weighted by Gasteiger charge is 2.09. The maximum absolute atomic E-state index is 10.9. The number of nitrogens with one attached hydrogen (secondary N) is 1. The van der Waals surface area contributed by atoms with Crippen molar-refractivity contribution in [3.05, 3.63) is 46.2 Å². The lowest BCUT2D eigenvalue weighted by molar-refractivity contribution is 0.0697. The van der Waals surface area contributed by atoms with Crippen molar-refractivity contribution < 1.29 is 9.90 Å². The van der Waals surface area contributed by atoms with Gasteiger partial charge in [-0.3, -0.25) is 0 Å². The number of nitrogen functional groups attached to an aromatic ring is 1. The molecule has 100 valence electrons. The maximum atomic E-state index is 10.9. The van der Waals surface area contributed by atoms with Crippen LogP contribution in [0, 0.1) is 0 Å². The lowest BCUT2D eigenvalue weighted by Gasteiger charge is -2.16. The van der Waals surface area contributed by atoms with Gasteiger partial charge in [-0.25, -0.2) is 4.79 Å². The number of thiophene rings is 1. The summed E-state index contributed by atoms with van der Waals surface area (Å²) >= 11 is 1.67. The summed E-state index contributed by atoms with van der Waals surface area (Å²) in [5.74, 6) is -0.950. The fourth-order valence-electron chi connectivity index (χ4n) is 1.89. The second kappa shape index (κ2) is 5.75. The van der Waals surface area contributed by atoms with Crippen molar-refractivity contribution >= 4 is 28.7 Å². The lowest BCUT2D eigenvalue weighted by Crippen LogP contribution is -2.19. The third-order valence-corrected chi connectivity index (χ3v) is 3.56. The van der Waals surface area contributed by atoms with E-state index in [0.29, 0.717) is 11.4 Å². The quantitative estimate of drug-likeness (QED) is 0.734. The Morgan fingerprint density at radius 2 is 2.26 bits per heavy atom. The molecule has 1 heterocycles. The number of anilines is 2. The van der Waals surface area contributed by atoms with Crippen LogP contribution in [0.4, 0.5) is 11.4 Å². The summed E-state index contributed by atoms with van der Waals surface area (Å²) in [6.07, 6.45) is 0.875. The summed E-state index contributed by atoms with van der Waals surface area (Å²) < 4.78 is 0. The Balaban J connectivity index is 2.09. The minimum atomic E-state index is -0.950. The van der Waals surface area contributed by atoms with E-state index in [0.717, 1.165) is 6.42 Å². The van der Waals surface area contributed by atoms with Crippen LogP contribution in [0.5, 0.6) is 0 Å². The highest BCUT2D eigenvalue weighted by Crippen LogP contribution is 2.22. The smallest absolute Gasteiger partial charge is 0.335 e. The Bertz CT molecular complexity index is 567. The molecule has 0 fully saturated rings. The first-order valence-corrected chi connectivity index (χ1v) is 6.91. The van der Waals surface area contributed by atoms with Crippen LogP contribution in [-0.4, -0.2) is 17.1 Å². The molecule has 2 rings (SSSR count). The molecule has 0 bridgehead atoms. The first kappa shape index (κ1) is 13.4. The highest BCUT2D eigenvalue weighted by molar-refractivity contribution is 7.07. The normalized spacial score (nSPS) is 12.1. The van der Waals surface area contributed by atoms with Crippen molar-refractivity contribution in [1.29, 1.82) is 0 Å². The van der Waals surface area contributed by atoms with Crippen LogP contribution in [0.25, 0.3) is 0 Å². The average Bonchev–Trinajstić information content (AvgIpc) is 2.84. The van der Waals surface area contributed by atoms with Gasteiger partial charge in [0.15, 0.2) is 0 Å². The summed E-state index contributed by atoms with van der Waals surface area (Å²) in [5.41, 5.74) is 8.58. The van der Waals surface area contributed by atoms with Crippen molar-refractivity contribution in [3.8, 4) is 0 Å². The average molecular weight is 276 g/mol. The van der Waals surface area contributed by atoms with E-state index in [1.54, 1.807) is 23.5 Å². The van der Waals surface area contributed by atoms with Crippen LogP contribution in [0.2, 0.25) is 0 Å². The predicted molar refractivity (Wildman–Crippen MR) is 78.9 cm³/mol. The van der Waals surface area contributed by atoms with Gasteiger partial charge in [-0.15, -0.1) is 0 Å². The van der Waals surface area contributed by atoms with Gasteiger partial charge in [0.1, 0.15) is 0 Å². The van der Waals surface area contributed by atoms with Crippen molar-refractivity contribution in [2.45, 2.75) is 19.4 Å². The third kappa shape index (κ3) is 3.48. The molecule has 4 N–H and O–H groups in total. The van der Waals surface area contributed by atoms with Crippen LogP contribution in [-0.2, 0) is 6.42 Å². The number of carboxylic acids is 1. The molecule has 2 aromatic rings. The molecule has 19 heavy (non-hydrogen) atoms. The van der Waals surface area contributed by atoms with Gasteiger partial charge in [0.25, 0.3) is 0 Å². The molecular weight excluding hydrogens is 260 g/mol. The molecule has 1 aromatic heterocycles. The third-order valence-electron chi connectivity index (χ3n) is 2.82. The first-order chi connectivity index (χ1) is 9.06. The van der Waals surface area contributed by atoms with Gasteiger partial charge in [0, 0.05) is 6.04 Å². The largest absolute Gasteiger partial charge is 0.478 e. The SMILES string of the molecule is CC(Cc1ccsc1)Nc1cc(C(=O)O)ccc1N. The van der Waals surface area contributed by atoms with Crippen molar-refractivity contribution in [2.75, 3.05) is 11.1 Å². The van der Waals surface area contributed by atoms with Crippen LogP contribution < -0.4 is 11.1 Å². The van der Waals surface area contributed by atoms with Gasteiger partial charge in [0.05, 0.1) is 16.9 Å². The van der Waals surface area contributed by atoms with Crippen LogP contribution in [0.15, 0.2) is 35.0 Å². The molecule has 1 unspecified atom stereocenters. The first-order valence-electron chi connectivity index (χ1n) is 5.96. The Hall–Kier alpha value is -2.01. The summed E-state index contributed by atoms with van der Waals surface area (Å²) in [7, 11) is 0. The summed E-state index contributed by atoms with van der Waals surface area (Å²) in [6, 6.07) is 6.96. The Labute approximate surface area is 115 Å². The van der Waals surface area contributed by atoms with Gasteiger partial charge < -0.3 is 16.2 Å². The van der Waals surface area contributed by atoms with Crippen LogP contribution in [0.3, 0.4) is 0 Å². The Morgan fingerprint density at radius 3 is 2.89 bits per heavy atom. The number of carboxylic acid groups (broad SMARTS) is 1. The van der Waals surface area contributed by atoms with Gasteiger partial charge in [-0.05, 0) is 53.9 Å². The molecule has 0 aliphatic carbocycles. The summed E-state index contributed by atoms with van der Waals surface area (Å²) in [5, 5.41) is 16.4. The standard InChI is InChI=1S/C14H16N2O2S/c1-9(6-10-4-5-19-8-10)16-13-7-11(14(17)18)2-3-12(13)15/h2-5,7-9,16H,6,15H2,1H3,(H,17,18). The van der Waals surface area contributed by atoms with Crippen molar-refractivity contribution in [2.24, 2.45) is 0 Å². The van der Waals surface area contributed by atoms with Crippen molar-refractivity contribution in [1.82, 2.24) is 0 Å². The number of carbonyl (C=O) groups is 1. The zero-order valence-electron chi connectivity index (χ0n) is 10.6. The van der Waals surface area contributed by atoms with E-state index in [2.05, 4.69) is 16.8 Å². The topological polar surface area (TPSA) is 75.3 Å². The number of hydrogen-bond donors (Lipinski definition) is 3. The summed E-state index contributed by atoms with van der Waals surface area (Å²) in [6.45, 7) is 2.05. The number of nitrogens with two attached hydrogens (primary N) is 1. The molecule has 4 nitrogen and oxygen atoms in total. The number of rotatable bonds is 5. The van der Waals surface area contributed by atoms with E-state index in [4.69, 9.17) is 10.8 Å². The van der Waals surface area contributed by atoms with E-state index in [1.165, 1.54) is 11.6 Å². The summed E-state index contributed by atoms with van der Waals surface area (Å²) in [4.78, 5) is 10.9. The molecule has 0 spiro atoms. The van der Waals surface area contributed by atoms with Gasteiger partial charge >= 0.3 is 5.97 Å². The van der Waals surface area contributed by atoms with E-state index >= 15 is 0 Å². The molecule has 0 amide bonds. The van der Waals surface area contributed by atoms with E-state index in [9.17, 15) is 4.79 Å². The molecule has 0 saturated heterocycles. The molecule has 0 saturated carbocycles. The maximum Gasteiger partial charge on any atom is 0.335 e. The number of aromatic carboxylic acids is 1. The fourth-order valence-corrected chi connectivity index (χ4v) is 2.57. The van der Waals surface area contributed by atoms with E-state index in [1.807, 2.05) is 12.3 Å². The Morgan fingerprint density at radius 1 is 1.47 bits per heavy atom. The van der Waals surface area contributed by atoms with Crippen molar-refractivity contribution in [3.63, 3.8) is 0 Å². The zero-order valence-corrected chi connectivity index (χ0v) is 11.4. The second-order valence-electron chi connectivity index (χ2n) is 4.49. The lowest BCUT2D eigenvalue weighted by atomic mass is 10.1. The minimum absolute atomic E-state index is 0.181. The fraction of sp³-hybridized carbons (Fsp3) is 0.214. The Kier molecular flexibility index (Phi) is 4.06. The van der Waals surface area contributed by atoms with E-state index in [-0.39, 0.29) is 11.6 Å². The molecule has 5 heteroatoms. The van der Waals surface area contributed by atoms with Gasteiger partial charge in [-0.1, -0.05) is 0 Å². The van der Waals surface area contributed by atoms with Crippen LogP contribution >= 0.6 is 11.3 Å². The minimum Gasteiger partial charge on any atom is -0.478 e. The predicted octanol–water partition coefficient (Wildman–Crippen LogP) is 3.07. The molecule has 1 aromatic carbocycles. The second-order valence-corrected chi connectivity index (χ2v) is 5.27. The van der Waals surface area contributed by atoms with Gasteiger partial charge in [0.2, 0.25) is 0 Å². The number of benzene rings is 1. The van der Waals surface area contributed by atoms with Gasteiger partial charge in [-0.2, -0.15) is 11.3 Å². The molecular formula is C14H16N2O2S. The monoisotopic (exact) mass is 276 g/mol. The van der Waals surface area contributed by atoms with Crippen LogP contribution in [0.1, 0.15) is 22.8 Å².